The predicted octanol–water partition coefficient (Wildman–Crippen LogP) is 2.33. The zero-order chi connectivity index (χ0) is 11.0. The molecule has 2 aliphatic carbocycles. The fraction of sp³-hybridized carbons (Fsp3) is 0.615. The van der Waals surface area contributed by atoms with Gasteiger partial charge in [0.05, 0.1) is 12.8 Å². The summed E-state index contributed by atoms with van der Waals surface area (Å²) in [7, 11) is 0. The minimum absolute atomic E-state index is 0.226. The summed E-state index contributed by atoms with van der Waals surface area (Å²) in [5, 5.41) is 2.98. The monoisotopic (exact) mass is 219 g/mol. The number of fused-ring (bicyclic) bond motifs is 2. The molecule has 1 heterocycles. The number of nitrogens with one attached hydrogen (secondary N) is 1. The van der Waals surface area contributed by atoms with Crippen LogP contribution in [0.5, 0.6) is 0 Å². The first-order chi connectivity index (χ1) is 7.83. The van der Waals surface area contributed by atoms with Crippen molar-refractivity contribution in [3.8, 4) is 0 Å². The third-order valence-corrected chi connectivity index (χ3v) is 4.09. The molecule has 0 unspecified atom stereocenters. The predicted molar refractivity (Wildman–Crippen MR) is 59.5 cm³/mol. The third kappa shape index (κ3) is 1.75. The summed E-state index contributed by atoms with van der Waals surface area (Å²) in [5.41, 5.74) is 0. The second-order valence-electron chi connectivity index (χ2n) is 5.08. The molecular weight excluding hydrogens is 202 g/mol. The average Bonchev–Trinajstić information content (AvgIpc) is 3.01. The topological polar surface area (TPSA) is 42.2 Å². The van der Waals surface area contributed by atoms with Gasteiger partial charge in [-0.05, 0) is 43.2 Å². The highest BCUT2D eigenvalue weighted by atomic mass is 16.3. The van der Waals surface area contributed by atoms with Crippen molar-refractivity contribution >= 4 is 5.91 Å². The molecule has 0 aromatic carbocycles. The molecule has 2 aliphatic rings. The summed E-state index contributed by atoms with van der Waals surface area (Å²) in [4.78, 5) is 12.0. The summed E-state index contributed by atoms with van der Waals surface area (Å²) < 4.78 is 5.19. The fourth-order valence-electron chi connectivity index (χ4n) is 3.28. The molecule has 0 aliphatic heterocycles. The molecule has 3 heteroatoms. The molecule has 1 amide bonds. The zero-order valence-electron chi connectivity index (χ0n) is 9.32. The van der Waals surface area contributed by atoms with E-state index in [4.69, 9.17) is 4.42 Å². The van der Waals surface area contributed by atoms with Crippen molar-refractivity contribution in [3.63, 3.8) is 0 Å². The van der Waals surface area contributed by atoms with Crippen molar-refractivity contribution in [3.05, 3.63) is 24.2 Å². The second-order valence-corrected chi connectivity index (χ2v) is 5.08. The van der Waals surface area contributed by atoms with Gasteiger partial charge in [-0.1, -0.05) is 6.42 Å². The first-order valence-corrected chi connectivity index (χ1v) is 6.13. The van der Waals surface area contributed by atoms with E-state index in [1.165, 1.54) is 19.3 Å². The Balaban J connectivity index is 1.54. The van der Waals surface area contributed by atoms with Gasteiger partial charge in [0.25, 0.3) is 0 Å². The Morgan fingerprint density at radius 1 is 1.44 bits per heavy atom. The number of amides is 1. The van der Waals surface area contributed by atoms with Crippen LogP contribution in [-0.2, 0) is 11.3 Å². The van der Waals surface area contributed by atoms with Crippen LogP contribution < -0.4 is 5.32 Å². The molecule has 1 N–H and O–H groups in total. The van der Waals surface area contributed by atoms with Gasteiger partial charge in [0, 0.05) is 5.92 Å². The first kappa shape index (κ1) is 9.94. The van der Waals surface area contributed by atoms with Gasteiger partial charge in [-0.3, -0.25) is 4.79 Å². The van der Waals surface area contributed by atoms with E-state index in [1.54, 1.807) is 6.26 Å². The molecule has 3 atom stereocenters. The van der Waals surface area contributed by atoms with Gasteiger partial charge in [-0.25, -0.2) is 0 Å². The highest BCUT2D eigenvalue weighted by Gasteiger charge is 2.42. The molecule has 16 heavy (non-hydrogen) atoms. The van der Waals surface area contributed by atoms with E-state index >= 15 is 0 Å². The lowest BCUT2D eigenvalue weighted by atomic mass is 9.88. The largest absolute Gasteiger partial charge is 0.467 e. The van der Waals surface area contributed by atoms with Gasteiger partial charge in [-0.15, -0.1) is 0 Å². The molecule has 0 saturated heterocycles. The Labute approximate surface area is 95.2 Å². The Morgan fingerprint density at radius 3 is 3.00 bits per heavy atom. The van der Waals surface area contributed by atoms with E-state index in [-0.39, 0.29) is 11.8 Å². The van der Waals surface area contributed by atoms with Gasteiger partial charge in [0.1, 0.15) is 5.76 Å². The van der Waals surface area contributed by atoms with E-state index in [2.05, 4.69) is 5.32 Å². The van der Waals surface area contributed by atoms with Crippen LogP contribution in [0.2, 0.25) is 0 Å². The van der Waals surface area contributed by atoms with Crippen molar-refractivity contribution in [2.24, 2.45) is 17.8 Å². The highest BCUT2D eigenvalue weighted by Crippen LogP contribution is 2.48. The quantitative estimate of drug-likeness (QED) is 0.847. The minimum Gasteiger partial charge on any atom is -0.467 e. The molecule has 1 aromatic heterocycles. The average molecular weight is 219 g/mol. The van der Waals surface area contributed by atoms with E-state index in [0.717, 1.165) is 18.1 Å². The Morgan fingerprint density at radius 2 is 2.38 bits per heavy atom. The summed E-state index contributed by atoms with van der Waals surface area (Å²) in [5.74, 6) is 2.81. The van der Waals surface area contributed by atoms with E-state index < -0.39 is 0 Å². The third-order valence-electron chi connectivity index (χ3n) is 4.09. The smallest absolute Gasteiger partial charge is 0.223 e. The number of carbonyl (C=O) groups excluding carboxylic acids is 1. The lowest BCUT2D eigenvalue weighted by molar-refractivity contribution is -0.126. The molecule has 86 valence electrons. The van der Waals surface area contributed by atoms with Crippen LogP contribution in [0.3, 0.4) is 0 Å². The van der Waals surface area contributed by atoms with Gasteiger partial charge >= 0.3 is 0 Å². The van der Waals surface area contributed by atoms with Crippen molar-refractivity contribution in [2.75, 3.05) is 0 Å². The normalized spacial score (nSPS) is 31.9. The Kier molecular flexibility index (Phi) is 2.46. The van der Waals surface area contributed by atoms with Gasteiger partial charge < -0.3 is 9.73 Å². The molecule has 3 rings (SSSR count). The van der Waals surface area contributed by atoms with Crippen molar-refractivity contribution in [1.82, 2.24) is 5.32 Å². The SMILES string of the molecule is O=C(NCc1ccco1)[C@@H]1C[C@@H]2CC[C@H]1C2. The van der Waals surface area contributed by atoms with E-state index in [0.29, 0.717) is 12.5 Å². The van der Waals surface area contributed by atoms with Crippen LogP contribution in [0.4, 0.5) is 0 Å². The van der Waals surface area contributed by atoms with Crippen LogP contribution in [0.1, 0.15) is 31.4 Å². The van der Waals surface area contributed by atoms with Crippen LogP contribution in [0.15, 0.2) is 22.8 Å². The molecule has 0 radical (unpaired) electrons. The van der Waals surface area contributed by atoms with E-state index in [9.17, 15) is 4.79 Å². The van der Waals surface area contributed by atoms with Gasteiger partial charge in [-0.2, -0.15) is 0 Å². The number of rotatable bonds is 3. The second kappa shape index (κ2) is 3.96. The fourth-order valence-corrected chi connectivity index (χ4v) is 3.28. The Bertz CT molecular complexity index is 371. The van der Waals surface area contributed by atoms with Gasteiger partial charge in [0.15, 0.2) is 0 Å². The zero-order valence-corrected chi connectivity index (χ0v) is 9.32. The van der Waals surface area contributed by atoms with Crippen LogP contribution in [-0.4, -0.2) is 5.91 Å². The van der Waals surface area contributed by atoms with Crippen LogP contribution >= 0.6 is 0 Å². The summed E-state index contributed by atoms with van der Waals surface area (Å²) in [6.45, 7) is 0.527. The summed E-state index contributed by atoms with van der Waals surface area (Å²) >= 11 is 0. The van der Waals surface area contributed by atoms with Crippen molar-refractivity contribution in [1.29, 1.82) is 0 Å². The number of carbonyl (C=O) groups is 1. The molecule has 3 nitrogen and oxygen atoms in total. The minimum atomic E-state index is 0.226. The number of hydrogen-bond donors (Lipinski definition) is 1. The highest BCUT2D eigenvalue weighted by molar-refractivity contribution is 5.79. The lowest BCUT2D eigenvalue weighted by Gasteiger charge is -2.20. The Hall–Kier alpha value is -1.25. The maximum Gasteiger partial charge on any atom is 0.223 e. The molecular formula is C13H17NO2. The van der Waals surface area contributed by atoms with Crippen LogP contribution in [0.25, 0.3) is 0 Å². The molecule has 1 aromatic rings. The molecule has 2 bridgehead atoms. The van der Waals surface area contributed by atoms with E-state index in [1.807, 2.05) is 12.1 Å². The first-order valence-electron chi connectivity index (χ1n) is 6.13. The van der Waals surface area contributed by atoms with Gasteiger partial charge in [0.2, 0.25) is 5.91 Å². The standard InChI is InChI=1S/C13H17NO2/c15-13(14-8-11-2-1-5-16-11)12-7-9-3-4-10(12)6-9/h1-2,5,9-10,12H,3-4,6-8H2,(H,14,15)/t9-,10+,12-/m1/s1. The molecule has 2 fully saturated rings. The number of furan rings is 1. The number of hydrogen-bond acceptors (Lipinski definition) is 2. The maximum absolute atomic E-state index is 12.0. The van der Waals surface area contributed by atoms with Crippen LogP contribution in [0, 0.1) is 17.8 Å². The lowest BCUT2D eigenvalue weighted by Crippen LogP contribution is -2.33. The summed E-state index contributed by atoms with van der Waals surface area (Å²) in [6, 6.07) is 3.74. The summed E-state index contributed by atoms with van der Waals surface area (Å²) in [6.07, 6.45) is 6.61. The molecule has 2 saturated carbocycles. The van der Waals surface area contributed by atoms with Crippen molar-refractivity contribution in [2.45, 2.75) is 32.2 Å². The maximum atomic E-state index is 12.0. The van der Waals surface area contributed by atoms with Crippen molar-refractivity contribution < 1.29 is 9.21 Å². The molecule has 0 spiro atoms.